The van der Waals surface area contributed by atoms with Crippen LogP contribution in [0.3, 0.4) is 0 Å². The third-order valence-corrected chi connectivity index (χ3v) is 4.56. The van der Waals surface area contributed by atoms with E-state index in [-0.39, 0.29) is 0 Å². The smallest absolute Gasteiger partial charge is 0.0693 e. The summed E-state index contributed by atoms with van der Waals surface area (Å²) >= 11 is 0. The highest BCUT2D eigenvalue weighted by molar-refractivity contribution is 5.17. The van der Waals surface area contributed by atoms with Crippen molar-refractivity contribution in [3.05, 3.63) is 30.1 Å². The lowest BCUT2D eigenvalue weighted by molar-refractivity contribution is 0.249. The number of hydrogen-bond acceptors (Lipinski definition) is 4. The van der Waals surface area contributed by atoms with E-state index in [4.69, 9.17) is 0 Å². The first-order valence-electron chi connectivity index (χ1n) is 6.60. The molecule has 4 nitrogen and oxygen atoms in total. The predicted molar refractivity (Wildman–Crippen MR) is 65.1 cm³/mol. The van der Waals surface area contributed by atoms with E-state index >= 15 is 0 Å². The zero-order valence-electron chi connectivity index (χ0n) is 9.76. The second-order valence-electron chi connectivity index (χ2n) is 5.49. The maximum atomic E-state index is 4.50. The van der Waals surface area contributed by atoms with Crippen molar-refractivity contribution in [3.63, 3.8) is 0 Å². The zero-order valence-corrected chi connectivity index (χ0v) is 9.76. The standard InChI is InChI=1S/C13H18N4/c1-2-6-14-10(3-1)13-12-9-5-4-8(15-9)7-11(12)16-17-13/h1-3,6,8-9,11-13,15-17H,4-5,7H2. The van der Waals surface area contributed by atoms with E-state index in [1.54, 1.807) is 0 Å². The number of fused-ring (bicyclic) bond motifs is 4. The largest absolute Gasteiger partial charge is 0.311 e. The Morgan fingerprint density at radius 2 is 2.12 bits per heavy atom. The summed E-state index contributed by atoms with van der Waals surface area (Å²) in [5.74, 6) is 0.642. The van der Waals surface area contributed by atoms with Gasteiger partial charge in [-0.05, 0) is 31.4 Å². The van der Waals surface area contributed by atoms with Gasteiger partial charge in [-0.15, -0.1) is 0 Å². The van der Waals surface area contributed by atoms with Crippen molar-refractivity contribution in [1.82, 2.24) is 21.2 Å². The molecule has 3 N–H and O–H groups in total. The average molecular weight is 230 g/mol. The van der Waals surface area contributed by atoms with Crippen LogP contribution in [0.1, 0.15) is 31.0 Å². The molecule has 17 heavy (non-hydrogen) atoms. The lowest BCUT2D eigenvalue weighted by atomic mass is 9.82. The van der Waals surface area contributed by atoms with Gasteiger partial charge in [0.05, 0.1) is 11.7 Å². The predicted octanol–water partition coefficient (Wildman–Crippen LogP) is 0.740. The number of aromatic nitrogens is 1. The molecule has 4 heterocycles. The van der Waals surface area contributed by atoms with Crippen LogP contribution in [0.4, 0.5) is 0 Å². The van der Waals surface area contributed by atoms with Crippen LogP contribution in [0.15, 0.2) is 24.4 Å². The van der Waals surface area contributed by atoms with Gasteiger partial charge >= 0.3 is 0 Å². The molecule has 0 aliphatic carbocycles. The Morgan fingerprint density at radius 3 is 3.00 bits per heavy atom. The molecular formula is C13H18N4. The fourth-order valence-electron chi connectivity index (χ4n) is 3.83. The Hall–Kier alpha value is -0.970. The van der Waals surface area contributed by atoms with Crippen LogP contribution in [-0.2, 0) is 0 Å². The number of pyridine rings is 1. The van der Waals surface area contributed by atoms with Crippen molar-refractivity contribution in [3.8, 4) is 0 Å². The number of rotatable bonds is 1. The van der Waals surface area contributed by atoms with E-state index in [0.29, 0.717) is 24.0 Å². The molecule has 0 saturated carbocycles. The van der Waals surface area contributed by atoms with Gasteiger partial charge in [-0.1, -0.05) is 6.07 Å². The number of piperidine rings is 1. The van der Waals surface area contributed by atoms with Crippen molar-refractivity contribution < 1.29 is 0 Å². The minimum absolute atomic E-state index is 0.359. The fourth-order valence-corrected chi connectivity index (χ4v) is 3.83. The Morgan fingerprint density at radius 1 is 1.12 bits per heavy atom. The van der Waals surface area contributed by atoms with Crippen LogP contribution in [0, 0.1) is 5.92 Å². The quantitative estimate of drug-likeness (QED) is 0.666. The Labute approximate surface area is 101 Å². The Kier molecular flexibility index (Phi) is 2.21. The van der Waals surface area contributed by atoms with Gasteiger partial charge in [0.2, 0.25) is 0 Å². The van der Waals surface area contributed by atoms with E-state index in [0.717, 1.165) is 6.04 Å². The van der Waals surface area contributed by atoms with Gasteiger partial charge in [-0.2, -0.15) is 0 Å². The number of nitrogens with zero attached hydrogens (tertiary/aromatic N) is 1. The topological polar surface area (TPSA) is 49.0 Å². The molecule has 3 fully saturated rings. The summed E-state index contributed by atoms with van der Waals surface area (Å²) in [6.45, 7) is 0. The van der Waals surface area contributed by atoms with Crippen molar-refractivity contribution in [2.24, 2.45) is 5.92 Å². The molecule has 0 aromatic carbocycles. The summed E-state index contributed by atoms with van der Waals surface area (Å²) in [4.78, 5) is 4.50. The fraction of sp³-hybridized carbons (Fsp3) is 0.615. The molecule has 3 aliphatic rings. The van der Waals surface area contributed by atoms with Gasteiger partial charge in [0.25, 0.3) is 0 Å². The molecule has 1 aromatic rings. The SMILES string of the molecule is c1ccc(C2NNC3CC4CCC(N4)C32)nc1. The maximum absolute atomic E-state index is 4.50. The summed E-state index contributed by atoms with van der Waals surface area (Å²) < 4.78 is 0. The van der Waals surface area contributed by atoms with Crippen molar-refractivity contribution in [2.75, 3.05) is 0 Å². The second kappa shape index (κ2) is 3.77. The summed E-state index contributed by atoms with van der Waals surface area (Å²) in [7, 11) is 0. The molecule has 2 bridgehead atoms. The van der Waals surface area contributed by atoms with Gasteiger partial charge in [0, 0.05) is 30.2 Å². The molecule has 0 amide bonds. The van der Waals surface area contributed by atoms with E-state index in [1.807, 2.05) is 12.3 Å². The molecule has 90 valence electrons. The summed E-state index contributed by atoms with van der Waals surface area (Å²) in [5, 5.41) is 3.75. The monoisotopic (exact) mass is 230 g/mol. The second-order valence-corrected chi connectivity index (χ2v) is 5.49. The number of hydrogen-bond donors (Lipinski definition) is 3. The third-order valence-electron chi connectivity index (χ3n) is 4.56. The first-order chi connectivity index (χ1) is 8.42. The molecule has 0 radical (unpaired) electrons. The minimum Gasteiger partial charge on any atom is -0.311 e. The first kappa shape index (κ1) is 10.00. The molecule has 5 atom stereocenters. The van der Waals surface area contributed by atoms with Crippen LogP contribution in [0.5, 0.6) is 0 Å². The van der Waals surface area contributed by atoms with E-state index in [1.165, 1.54) is 25.0 Å². The normalized spacial score (nSPS) is 43.6. The summed E-state index contributed by atoms with van der Waals surface area (Å²) in [6, 6.07) is 8.55. The highest BCUT2D eigenvalue weighted by atomic mass is 15.4. The highest BCUT2D eigenvalue weighted by Gasteiger charge is 2.49. The molecule has 4 heteroatoms. The van der Waals surface area contributed by atoms with E-state index in [9.17, 15) is 0 Å². The van der Waals surface area contributed by atoms with Crippen molar-refractivity contribution in [2.45, 2.75) is 43.4 Å². The van der Waals surface area contributed by atoms with Crippen LogP contribution in [0.25, 0.3) is 0 Å². The Bertz CT molecular complexity index is 405. The van der Waals surface area contributed by atoms with Gasteiger partial charge in [0.15, 0.2) is 0 Å². The van der Waals surface area contributed by atoms with Gasteiger partial charge in [-0.3, -0.25) is 10.4 Å². The molecule has 3 aliphatic heterocycles. The zero-order chi connectivity index (χ0) is 11.2. The van der Waals surface area contributed by atoms with Gasteiger partial charge < -0.3 is 5.32 Å². The number of hydrazine groups is 1. The van der Waals surface area contributed by atoms with Crippen molar-refractivity contribution >= 4 is 0 Å². The summed E-state index contributed by atoms with van der Waals surface area (Å²) in [5.41, 5.74) is 8.09. The van der Waals surface area contributed by atoms with Crippen LogP contribution in [-0.4, -0.2) is 23.1 Å². The lowest BCUT2D eigenvalue weighted by Gasteiger charge is -2.34. The summed E-state index contributed by atoms with van der Waals surface area (Å²) in [6.07, 6.45) is 5.79. The molecular weight excluding hydrogens is 212 g/mol. The lowest BCUT2D eigenvalue weighted by Crippen LogP contribution is -2.50. The third kappa shape index (κ3) is 1.52. The van der Waals surface area contributed by atoms with Gasteiger partial charge in [-0.25, -0.2) is 5.43 Å². The number of nitrogens with one attached hydrogen (secondary N) is 3. The van der Waals surface area contributed by atoms with Crippen LogP contribution < -0.4 is 16.2 Å². The average Bonchev–Trinajstić information content (AvgIpc) is 2.96. The maximum Gasteiger partial charge on any atom is 0.0693 e. The van der Waals surface area contributed by atoms with E-state index < -0.39 is 0 Å². The van der Waals surface area contributed by atoms with Gasteiger partial charge in [0.1, 0.15) is 0 Å². The Balaban J connectivity index is 1.66. The van der Waals surface area contributed by atoms with Crippen molar-refractivity contribution in [1.29, 1.82) is 0 Å². The molecule has 1 aromatic heterocycles. The van der Waals surface area contributed by atoms with Crippen LogP contribution in [0.2, 0.25) is 0 Å². The highest BCUT2D eigenvalue weighted by Crippen LogP contribution is 2.40. The molecule has 5 unspecified atom stereocenters. The molecule has 0 spiro atoms. The van der Waals surface area contributed by atoms with Crippen LogP contribution >= 0.6 is 0 Å². The first-order valence-corrected chi connectivity index (χ1v) is 6.60. The minimum atomic E-state index is 0.359. The van der Waals surface area contributed by atoms with E-state index in [2.05, 4.69) is 33.3 Å². The molecule has 4 rings (SSSR count). The molecule has 3 saturated heterocycles.